The largest absolute Gasteiger partial charge is 0.465 e. The summed E-state index contributed by atoms with van der Waals surface area (Å²) in [6, 6.07) is 4.17. The van der Waals surface area contributed by atoms with Gasteiger partial charge in [-0.3, -0.25) is 14.8 Å². The number of hydrogen-bond donors (Lipinski definition) is 3. The number of imide groups is 1. The Morgan fingerprint density at radius 1 is 1.18 bits per heavy atom. The maximum atomic E-state index is 13.3. The lowest BCUT2D eigenvalue weighted by atomic mass is 10.0. The minimum atomic E-state index is -1.31. The summed E-state index contributed by atoms with van der Waals surface area (Å²) in [5, 5.41) is 17.2. The van der Waals surface area contributed by atoms with E-state index >= 15 is 0 Å². The fourth-order valence-electron chi connectivity index (χ4n) is 5.99. The van der Waals surface area contributed by atoms with Crippen LogP contribution in [0.1, 0.15) is 22.3 Å². The number of rotatable bonds is 4. The van der Waals surface area contributed by atoms with E-state index in [0.29, 0.717) is 34.7 Å². The van der Waals surface area contributed by atoms with Crippen molar-refractivity contribution in [3.63, 3.8) is 0 Å². The third kappa shape index (κ3) is 3.40. The van der Waals surface area contributed by atoms with Gasteiger partial charge in [0.1, 0.15) is 11.5 Å². The summed E-state index contributed by atoms with van der Waals surface area (Å²) in [6.07, 6.45) is 8.30. The molecule has 3 N–H and O–H groups in total. The summed E-state index contributed by atoms with van der Waals surface area (Å²) in [6.45, 7) is 2.78. The Morgan fingerprint density at radius 2 is 2.08 bits per heavy atom. The first-order valence-corrected chi connectivity index (χ1v) is 12.5. The van der Waals surface area contributed by atoms with Crippen molar-refractivity contribution < 1.29 is 14.7 Å². The van der Waals surface area contributed by atoms with Crippen LogP contribution in [0.4, 0.5) is 22.1 Å². The van der Waals surface area contributed by atoms with Gasteiger partial charge in [-0.25, -0.2) is 19.7 Å². The molecule has 2 amide bonds. The van der Waals surface area contributed by atoms with E-state index in [-0.39, 0.29) is 12.1 Å². The predicted octanol–water partition coefficient (Wildman–Crippen LogP) is 2.60. The molecule has 2 saturated heterocycles. The molecule has 2 atom stereocenters. The van der Waals surface area contributed by atoms with Crippen LogP contribution >= 0.6 is 0 Å². The summed E-state index contributed by atoms with van der Waals surface area (Å²) in [5.41, 5.74) is 3.32. The van der Waals surface area contributed by atoms with E-state index in [9.17, 15) is 14.7 Å². The van der Waals surface area contributed by atoms with Gasteiger partial charge in [0, 0.05) is 61.6 Å². The van der Waals surface area contributed by atoms with Crippen LogP contribution in [0.25, 0.3) is 22.3 Å². The van der Waals surface area contributed by atoms with Crippen molar-refractivity contribution in [2.75, 3.05) is 29.9 Å². The normalized spacial score (nSPS) is 20.3. The molecule has 0 unspecified atom stereocenters. The van der Waals surface area contributed by atoms with Crippen LogP contribution < -0.4 is 15.5 Å². The van der Waals surface area contributed by atoms with Gasteiger partial charge in [0.15, 0.2) is 5.82 Å². The first-order valence-electron chi connectivity index (χ1n) is 12.5. The smallest absolute Gasteiger partial charge is 0.414 e. The summed E-state index contributed by atoms with van der Waals surface area (Å²) in [4.78, 5) is 46.6. The molecular weight excluding hydrogens is 486 g/mol. The average Bonchev–Trinajstić information content (AvgIpc) is 3.69. The molecule has 0 spiro atoms. The highest BCUT2D eigenvalue weighted by Gasteiger charge is 2.39. The lowest BCUT2D eigenvalue weighted by molar-refractivity contribution is 0.0764. The molecule has 4 aromatic rings. The lowest BCUT2D eigenvalue weighted by Crippen LogP contribution is -2.34. The second-order valence-electron chi connectivity index (χ2n) is 9.93. The Labute approximate surface area is 217 Å². The van der Waals surface area contributed by atoms with Crippen molar-refractivity contribution in [1.29, 1.82) is 0 Å². The van der Waals surface area contributed by atoms with Gasteiger partial charge in [-0.15, -0.1) is 0 Å². The molecule has 38 heavy (non-hydrogen) atoms. The van der Waals surface area contributed by atoms with E-state index in [0.717, 1.165) is 53.4 Å². The fraction of sp³-hybridized carbons (Fsp3) is 0.308. The highest BCUT2D eigenvalue weighted by molar-refractivity contribution is 6.11. The van der Waals surface area contributed by atoms with Crippen molar-refractivity contribution in [1.82, 2.24) is 34.7 Å². The summed E-state index contributed by atoms with van der Waals surface area (Å²) >= 11 is 0. The van der Waals surface area contributed by atoms with Gasteiger partial charge in [-0.2, -0.15) is 0 Å². The third-order valence-electron chi connectivity index (χ3n) is 7.83. The van der Waals surface area contributed by atoms with Crippen LogP contribution in [-0.4, -0.2) is 72.2 Å². The van der Waals surface area contributed by atoms with E-state index in [1.165, 1.54) is 0 Å². The Bertz CT molecular complexity index is 1620. The molecule has 12 heteroatoms. The highest BCUT2D eigenvalue weighted by Crippen LogP contribution is 2.39. The average molecular weight is 512 g/mol. The maximum absolute atomic E-state index is 13.3. The first kappa shape index (κ1) is 22.6. The zero-order chi connectivity index (χ0) is 26.0. The molecule has 7 rings (SSSR count). The second-order valence-corrected chi connectivity index (χ2v) is 9.93. The van der Waals surface area contributed by atoms with E-state index in [1.807, 2.05) is 29.9 Å². The monoisotopic (exact) mass is 511 g/mol. The molecule has 0 aromatic carbocycles. The second kappa shape index (κ2) is 8.48. The van der Waals surface area contributed by atoms with E-state index in [2.05, 4.69) is 25.5 Å². The van der Waals surface area contributed by atoms with Gasteiger partial charge in [0.25, 0.3) is 5.91 Å². The summed E-state index contributed by atoms with van der Waals surface area (Å²) in [5.74, 6) is 1.25. The first-order chi connectivity index (χ1) is 18.5. The Balaban J connectivity index is 1.29. The lowest BCUT2D eigenvalue weighted by Gasteiger charge is -2.24. The number of nitrogens with one attached hydrogen (secondary N) is 2. The molecule has 0 radical (unpaired) electrons. The molecule has 12 nitrogen and oxygen atoms in total. The van der Waals surface area contributed by atoms with Gasteiger partial charge >= 0.3 is 6.09 Å². The number of hydrogen-bond acceptors (Lipinski definition) is 9. The Kier molecular flexibility index (Phi) is 5.05. The van der Waals surface area contributed by atoms with Crippen molar-refractivity contribution in [3.05, 3.63) is 54.2 Å². The quantitative estimate of drug-likeness (QED) is 0.374. The number of anilines is 3. The van der Waals surface area contributed by atoms with Crippen molar-refractivity contribution >= 4 is 40.4 Å². The van der Waals surface area contributed by atoms with Crippen LogP contribution in [0.2, 0.25) is 0 Å². The molecular formula is C26H25N9O3. The zero-order valence-corrected chi connectivity index (χ0v) is 20.6. The van der Waals surface area contributed by atoms with Crippen molar-refractivity contribution in [2.24, 2.45) is 13.0 Å². The zero-order valence-electron chi connectivity index (χ0n) is 20.6. The molecule has 4 aromatic heterocycles. The maximum Gasteiger partial charge on any atom is 0.414 e. The Morgan fingerprint density at radius 3 is 2.95 bits per heavy atom. The molecule has 3 aliphatic rings. The van der Waals surface area contributed by atoms with E-state index < -0.39 is 12.0 Å². The van der Waals surface area contributed by atoms with Crippen LogP contribution in [0.5, 0.6) is 0 Å². The molecule has 0 aliphatic carbocycles. The van der Waals surface area contributed by atoms with Gasteiger partial charge < -0.3 is 25.2 Å². The number of pyridine rings is 2. The number of carbonyl (C=O) groups excluding carboxylic acids is 1. The topological polar surface area (TPSA) is 141 Å². The van der Waals surface area contributed by atoms with Crippen LogP contribution in [0, 0.1) is 5.92 Å². The minimum Gasteiger partial charge on any atom is -0.465 e. The minimum absolute atomic E-state index is 0.0897. The van der Waals surface area contributed by atoms with Crippen LogP contribution in [-0.2, 0) is 13.6 Å². The Hall–Kier alpha value is -4.58. The van der Waals surface area contributed by atoms with Gasteiger partial charge in [-0.1, -0.05) is 0 Å². The molecule has 7 heterocycles. The van der Waals surface area contributed by atoms with Crippen molar-refractivity contribution in [3.8, 4) is 11.3 Å². The van der Waals surface area contributed by atoms with Gasteiger partial charge in [-0.05, 0) is 24.5 Å². The predicted molar refractivity (Wildman–Crippen MR) is 139 cm³/mol. The summed E-state index contributed by atoms with van der Waals surface area (Å²) in [7, 11) is 1.90. The molecule has 0 saturated carbocycles. The van der Waals surface area contributed by atoms with Crippen LogP contribution in [0.15, 0.2) is 43.1 Å². The fourth-order valence-corrected chi connectivity index (χ4v) is 5.99. The SMILES string of the molecule is Cn1ccc2c(-c3ncc(Nc4cncc(N5CC[C@@H]6CNC[C@@H]65)n4)c4c3CN(C(=O)O)C4=O)ccnc21. The number of fused-ring (bicyclic) bond motifs is 3. The molecule has 0 bridgehead atoms. The number of carbonyl (C=O) groups is 2. The van der Waals surface area contributed by atoms with Crippen molar-refractivity contribution in [2.45, 2.75) is 19.0 Å². The number of aromatic nitrogens is 5. The number of aryl methyl sites for hydroxylation is 1. The number of carboxylic acid groups (broad SMARTS) is 1. The molecule has 192 valence electrons. The van der Waals surface area contributed by atoms with Crippen LogP contribution in [0.3, 0.4) is 0 Å². The molecule has 3 aliphatic heterocycles. The third-order valence-corrected chi connectivity index (χ3v) is 7.83. The highest BCUT2D eigenvalue weighted by atomic mass is 16.4. The number of nitrogens with zero attached hydrogens (tertiary/aromatic N) is 7. The number of amides is 2. The summed E-state index contributed by atoms with van der Waals surface area (Å²) < 4.78 is 1.90. The standard InChI is InChI=1S/C26H25N9O3/c1-33-6-4-16-15(2-5-29-24(16)33)23-17-13-35(26(37)38)25(36)22(17)18(9-30-23)31-20-11-28-12-21(32-20)34-7-3-14-8-27-10-19(14)34/h2,4-6,9,11-12,14,19,27H,3,7-8,10,13H2,1H3,(H,31,32)(H,37,38)/t14-,19+/m1/s1. The van der Waals surface area contributed by atoms with Gasteiger partial charge in [0.05, 0.1) is 42.1 Å². The van der Waals surface area contributed by atoms with E-state index in [4.69, 9.17) is 9.97 Å². The van der Waals surface area contributed by atoms with E-state index in [1.54, 1.807) is 24.8 Å². The van der Waals surface area contributed by atoms with Gasteiger partial charge in [0.2, 0.25) is 0 Å². The molecule has 2 fully saturated rings.